The Labute approximate surface area is 186 Å². The number of aryl methyl sites for hydroxylation is 2. The normalized spacial score (nSPS) is 16.0. The molecule has 3 heterocycles. The molecule has 0 saturated carbocycles. The summed E-state index contributed by atoms with van der Waals surface area (Å²) in [6.07, 6.45) is 2.39. The molecule has 1 fully saturated rings. The molecule has 7 nitrogen and oxygen atoms in total. The van der Waals surface area contributed by atoms with Crippen LogP contribution in [-0.2, 0) is 21.4 Å². The van der Waals surface area contributed by atoms with Gasteiger partial charge < -0.3 is 10.3 Å². The van der Waals surface area contributed by atoms with Crippen molar-refractivity contribution in [2.24, 2.45) is 5.92 Å². The number of nitrogens with zero attached hydrogens (tertiary/aromatic N) is 2. The number of halogens is 1. The second-order valence-electron chi connectivity index (χ2n) is 7.94. The lowest BCUT2D eigenvalue weighted by Gasteiger charge is -2.30. The van der Waals surface area contributed by atoms with Crippen molar-refractivity contribution in [2.45, 2.75) is 38.1 Å². The molecule has 1 aliphatic rings. The molecule has 0 atom stereocenters. The molecule has 9 heteroatoms. The maximum absolute atomic E-state index is 12.8. The molecule has 0 bridgehead atoms. The lowest BCUT2D eigenvalue weighted by atomic mass is 9.97. The topological polar surface area (TPSA) is 95.2 Å². The van der Waals surface area contributed by atoms with Gasteiger partial charge in [-0.1, -0.05) is 17.7 Å². The molecule has 1 aromatic carbocycles. The average molecular weight is 461 g/mol. The third-order valence-corrected chi connectivity index (χ3v) is 8.35. The van der Waals surface area contributed by atoms with Crippen LogP contribution in [0.5, 0.6) is 0 Å². The predicted octanol–water partition coefficient (Wildman–Crippen LogP) is 3.55. The fraction of sp³-hybridized carbons (Fsp3) is 0.364. The van der Waals surface area contributed by atoms with Crippen LogP contribution >= 0.6 is 11.6 Å². The van der Waals surface area contributed by atoms with Crippen LogP contribution in [0, 0.1) is 19.8 Å². The minimum Gasteiger partial charge on any atom is -0.358 e. The van der Waals surface area contributed by atoms with Gasteiger partial charge in [-0.2, -0.15) is 4.31 Å². The molecule has 2 aromatic heterocycles. The van der Waals surface area contributed by atoms with E-state index in [-0.39, 0.29) is 35.0 Å². The van der Waals surface area contributed by atoms with E-state index in [0.29, 0.717) is 19.4 Å². The van der Waals surface area contributed by atoms with E-state index in [1.165, 1.54) is 22.1 Å². The first-order chi connectivity index (χ1) is 14.8. The van der Waals surface area contributed by atoms with E-state index in [1.807, 2.05) is 19.1 Å². The van der Waals surface area contributed by atoms with Crippen molar-refractivity contribution in [3.05, 3.63) is 58.5 Å². The molecule has 0 spiro atoms. The number of aromatic amines is 1. The number of carbonyl (C=O) groups excluding carboxylic acids is 1. The van der Waals surface area contributed by atoms with Crippen molar-refractivity contribution in [3.63, 3.8) is 0 Å². The Hall–Kier alpha value is -2.42. The quantitative estimate of drug-likeness (QED) is 0.569. The average Bonchev–Trinajstić information content (AvgIpc) is 3.05. The first kappa shape index (κ1) is 21.8. The molecule has 1 saturated heterocycles. The van der Waals surface area contributed by atoms with E-state index >= 15 is 0 Å². The van der Waals surface area contributed by atoms with Crippen LogP contribution in [-0.4, -0.2) is 41.7 Å². The molecule has 31 heavy (non-hydrogen) atoms. The SMILES string of the molecule is Cc1[nH]c2ccc(CNC(=O)C3CCN(S(=O)(=O)c4cccnc4Cl)CC3)cc2c1C. The minimum atomic E-state index is -3.72. The van der Waals surface area contributed by atoms with E-state index in [1.54, 1.807) is 6.07 Å². The molecule has 4 rings (SSSR count). The molecule has 0 radical (unpaired) electrons. The Bertz CT molecular complexity index is 1230. The number of fused-ring (bicyclic) bond motifs is 1. The molecule has 164 valence electrons. The van der Waals surface area contributed by atoms with Gasteiger partial charge in [0.1, 0.15) is 10.0 Å². The van der Waals surface area contributed by atoms with Crippen molar-refractivity contribution in [2.75, 3.05) is 13.1 Å². The van der Waals surface area contributed by atoms with Gasteiger partial charge in [0.05, 0.1) is 0 Å². The monoisotopic (exact) mass is 460 g/mol. The van der Waals surface area contributed by atoms with Crippen LogP contribution in [0.4, 0.5) is 0 Å². The Morgan fingerprint density at radius 3 is 2.71 bits per heavy atom. The number of hydrogen-bond acceptors (Lipinski definition) is 4. The van der Waals surface area contributed by atoms with E-state index in [0.717, 1.165) is 22.2 Å². The maximum Gasteiger partial charge on any atom is 0.246 e. The van der Waals surface area contributed by atoms with Gasteiger partial charge in [-0.25, -0.2) is 13.4 Å². The molecular weight excluding hydrogens is 436 g/mol. The largest absolute Gasteiger partial charge is 0.358 e. The standard InChI is InChI=1S/C22H25ClN4O3S/c1-14-15(2)26-19-6-5-16(12-18(14)19)13-25-22(28)17-7-10-27(11-8-17)31(29,30)20-4-3-9-24-21(20)23/h3-6,9,12,17,26H,7-8,10-11,13H2,1-2H3,(H,25,28). The molecule has 3 aromatic rings. The van der Waals surface area contributed by atoms with E-state index in [2.05, 4.69) is 28.3 Å². The molecule has 2 N–H and O–H groups in total. The zero-order valence-electron chi connectivity index (χ0n) is 17.5. The van der Waals surface area contributed by atoms with Gasteiger partial charge in [-0.3, -0.25) is 4.79 Å². The highest BCUT2D eigenvalue weighted by Gasteiger charge is 2.33. The number of nitrogens with one attached hydrogen (secondary N) is 2. The number of H-pyrrole nitrogens is 1. The number of rotatable bonds is 5. The van der Waals surface area contributed by atoms with Crippen LogP contribution in [0.1, 0.15) is 29.7 Å². The first-order valence-electron chi connectivity index (χ1n) is 10.2. The number of amides is 1. The van der Waals surface area contributed by atoms with Gasteiger partial charge >= 0.3 is 0 Å². The van der Waals surface area contributed by atoms with Gasteiger partial charge in [0.2, 0.25) is 15.9 Å². The van der Waals surface area contributed by atoms with Gasteiger partial charge in [-0.05, 0) is 62.1 Å². The number of benzene rings is 1. The van der Waals surface area contributed by atoms with Gasteiger partial charge in [0, 0.05) is 48.3 Å². The summed E-state index contributed by atoms with van der Waals surface area (Å²) >= 11 is 5.97. The van der Waals surface area contributed by atoms with Gasteiger partial charge in [0.25, 0.3) is 0 Å². The number of pyridine rings is 1. The molecule has 1 amide bonds. The lowest BCUT2D eigenvalue weighted by molar-refractivity contribution is -0.126. The van der Waals surface area contributed by atoms with Crippen LogP contribution in [0.25, 0.3) is 10.9 Å². The molecule has 1 aliphatic heterocycles. The zero-order chi connectivity index (χ0) is 22.2. The third-order valence-electron chi connectivity index (χ3n) is 6.01. The third kappa shape index (κ3) is 4.33. The Balaban J connectivity index is 1.35. The second-order valence-corrected chi connectivity index (χ2v) is 10.2. The van der Waals surface area contributed by atoms with Crippen molar-refractivity contribution < 1.29 is 13.2 Å². The number of hydrogen-bond donors (Lipinski definition) is 2. The van der Waals surface area contributed by atoms with Crippen LogP contribution in [0.15, 0.2) is 41.4 Å². The number of aromatic nitrogens is 2. The number of sulfonamides is 1. The van der Waals surface area contributed by atoms with E-state index in [4.69, 9.17) is 11.6 Å². The summed E-state index contributed by atoms with van der Waals surface area (Å²) in [5, 5.41) is 4.13. The van der Waals surface area contributed by atoms with Gasteiger partial charge in [-0.15, -0.1) is 0 Å². The van der Waals surface area contributed by atoms with Crippen LogP contribution in [0.3, 0.4) is 0 Å². The van der Waals surface area contributed by atoms with Crippen molar-refractivity contribution in [3.8, 4) is 0 Å². The maximum atomic E-state index is 12.8. The summed E-state index contributed by atoms with van der Waals surface area (Å²) in [6, 6.07) is 9.14. The fourth-order valence-electron chi connectivity index (χ4n) is 4.01. The highest BCUT2D eigenvalue weighted by molar-refractivity contribution is 7.89. The van der Waals surface area contributed by atoms with Gasteiger partial charge in [0.15, 0.2) is 0 Å². The summed E-state index contributed by atoms with van der Waals surface area (Å²) in [4.78, 5) is 19.9. The van der Waals surface area contributed by atoms with E-state index in [9.17, 15) is 13.2 Å². The Morgan fingerprint density at radius 1 is 1.26 bits per heavy atom. The van der Waals surface area contributed by atoms with Crippen molar-refractivity contribution in [1.82, 2.24) is 19.6 Å². The van der Waals surface area contributed by atoms with E-state index < -0.39 is 10.0 Å². The summed E-state index contributed by atoms with van der Waals surface area (Å²) in [5.74, 6) is -0.255. The fourth-order valence-corrected chi connectivity index (χ4v) is 5.91. The molecule has 0 aliphatic carbocycles. The van der Waals surface area contributed by atoms with Crippen LogP contribution in [0.2, 0.25) is 5.15 Å². The van der Waals surface area contributed by atoms with Crippen LogP contribution < -0.4 is 5.32 Å². The van der Waals surface area contributed by atoms with Crippen molar-refractivity contribution in [1.29, 1.82) is 0 Å². The molecule has 0 unspecified atom stereocenters. The highest BCUT2D eigenvalue weighted by atomic mass is 35.5. The summed E-state index contributed by atoms with van der Waals surface area (Å²) in [6.45, 7) is 5.13. The number of piperidine rings is 1. The second kappa shape index (κ2) is 8.61. The summed E-state index contributed by atoms with van der Waals surface area (Å²) < 4.78 is 27.0. The highest BCUT2D eigenvalue weighted by Crippen LogP contribution is 2.27. The first-order valence-corrected chi connectivity index (χ1v) is 12.1. The summed E-state index contributed by atoms with van der Waals surface area (Å²) in [5.41, 5.74) is 4.48. The molecular formula is C22H25ClN4O3S. The summed E-state index contributed by atoms with van der Waals surface area (Å²) in [7, 11) is -3.72. The smallest absolute Gasteiger partial charge is 0.246 e. The minimum absolute atomic E-state index is 0.00486. The zero-order valence-corrected chi connectivity index (χ0v) is 19.1. The predicted molar refractivity (Wildman–Crippen MR) is 120 cm³/mol. The Morgan fingerprint density at radius 2 is 2.00 bits per heavy atom. The Kier molecular flexibility index (Phi) is 6.05. The van der Waals surface area contributed by atoms with Crippen molar-refractivity contribution >= 4 is 38.4 Å². The number of carbonyl (C=O) groups is 1. The lowest BCUT2D eigenvalue weighted by Crippen LogP contribution is -2.42.